The standard InChI is InChI=1S/C46H31NO/c1-3-13-33(14-4-1)41-23-11-25-43-44-26-12-24-42(46(44)48-45(41)43)35-17-9-20-38(31-35)47(36-18-5-2-6-19-36)37-29-27-34(28-30-37)40-22-10-16-32-15-7-8-21-39(32)40/h1-31H. The molecule has 9 aromatic rings. The van der Waals surface area contributed by atoms with Crippen molar-refractivity contribution >= 4 is 49.8 Å². The Morgan fingerprint density at radius 2 is 0.792 bits per heavy atom. The lowest BCUT2D eigenvalue weighted by Crippen LogP contribution is -2.09. The predicted octanol–water partition coefficient (Wildman–Crippen LogP) is 13.2. The van der Waals surface area contributed by atoms with Crippen LogP contribution in [0, 0.1) is 0 Å². The van der Waals surface area contributed by atoms with Gasteiger partial charge in [0.2, 0.25) is 0 Å². The molecule has 0 bridgehead atoms. The van der Waals surface area contributed by atoms with Crippen LogP contribution in [0.25, 0.3) is 66.1 Å². The summed E-state index contributed by atoms with van der Waals surface area (Å²) in [5.74, 6) is 0. The van der Waals surface area contributed by atoms with Crippen molar-refractivity contribution in [2.45, 2.75) is 0 Å². The Morgan fingerprint density at radius 1 is 0.312 bits per heavy atom. The van der Waals surface area contributed by atoms with E-state index < -0.39 is 0 Å². The zero-order chi connectivity index (χ0) is 31.9. The second-order valence-electron chi connectivity index (χ2n) is 12.1. The van der Waals surface area contributed by atoms with E-state index in [0.717, 1.165) is 61.3 Å². The summed E-state index contributed by atoms with van der Waals surface area (Å²) >= 11 is 0. The molecule has 0 fully saturated rings. The van der Waals surface area contributed by atoms with Crippen LogP contribution in [-0.2, 0) is 0 Å². The summed E-state index contributed by atoms with van der Waals surface area (Å²) in [5.41, 5.74) is 12.0. The van der Waals surface area contributed by atoms with E-state index in [2.05, 4.69) is 187 Å². The topological polar surface area (TPSA) is 16.4 Å². The van der Waals surface area contributed by atoms with Gasteiger partial charge in [0.15, 0.2) is 0 Å². The van der Waals surface area contributed by atoms with Crippen LogP contribution in [0.2, 0.25) is 0 Å². The highest BCUT2D eigenvalue weighted by molar-refractivity contribution is 6.13. The van der Waals surface area contributed by atoms with Gasteiger partial charge in [-0.2, -0.15) is 0 Å². The average molecular weight is 614 g/mol. The van der Waals surface area contributed by atoms with Crippen molar-refractivity contribution in [3.05, 3.63) is 188 Å². The Labute approximate surface area is 279 Å². The van der Waals surface area contributed by atoms with Crippen molar-refractivity contribution in [3.8, 4) is 33.4 Å². The third-order valence-electron chi connectivity index (χ3n) is 9.27. The highest BCUT2D eigenvalue weighted by atomic mass is 16.3. The fraction of sp³-hybridized carbons (Fsp3) is 0. The number of rotatable bonds is 6. The van der Waals surface area contributed by atoms with Crippen LogP contribution in [0.1, 0.15) is 0 Å². The van der Waals surface area contributed by atoms with Crippen LogP contribution in [0.15, 0.2) is 192 Å². The Hall–Kier alpha value is -6.38. The number of benzene rings is 8. The van der Waals surface area contributed by atoms with E-state index >= 15 is 0 Å². The molecule has 0 aliphatic carbocycles. The maximum Gasteiger partial charge on any atom is 0.143 e. The third-order valence-corrected chi connectivity index (χ3v) is 9.27. The number of hydrogen-bond donors (Lipinski definition) is 0. The predicted molar refractivity (Wildman–Crippen MR) is 202 cm³/mol. The SMILES string of the molecule is c1ccc(-c2cccc3c2oc2c(-c4cccc(N(c5ccccc5)c5ccc(-c6cccc7ccccc67)cc5)c4)cccc23)cc1. The van der Waals surface area contributed by atoms with Gasteiger partial charge in [-0.15, -0.1) is 0 Å². The first kappa shape index (κ1) is 27.9. The molecular formula is C46H31NO. The smallest absolute Gasteiger partial charge is 0.143 e. The minimum absolute atomic E-state index is 0.902. The van der Waals surface area contributed by atoms with Gasteiger partial charge >= 0.3 is 0 Å². The summed E-state index contributed by atoms with van der Waals surface area (Å²) in [7, 11) is 0. The molecule has 48 heavy (non-hydrogen) atoms. The first-order valence-electron chi connectivity index (χ1n) is 16.4. The zero-order valence-corrected chi connectivity index (χ0v) is 26.3. The molecule has 2 heteroatoms. The van der Waals surface area contributed by atoms with Gasteiger partial charge in [0, 0.05) is 39.0 Å². The number of nitrogens with zero attached hydrogens (tertiary/aromatic N) is 1. The van der Waals surface area contributed by atoms with Gasteiger partial charge in [0.25, 0.3) is 0 Å². The van der Waals surface area contributed by atoms with Gasteiger partial charge < -0.3 is 9.32 Å². The summed E-state index contributed by atoms with van der Waals surface area (Å²) in [6, 6.07) is 66.7. The molecule has 226 valence electrons. The fourth-order valence-corrected chi connectivity index (χ4v) is 7.00. The fourth-order valence-electron chi connectivity index (χ4n) is 7.00. The molecule has 0 N–H and O–H groups in total. The Kier molecular flexibility index (Phi) is 6.84. The van der Waals surface area contributed by atoms with E-state index in [1.54, 1.807) is 0 Å². The Balaban J connectivity index is 1.15. The quantitative estimate of drug-likeness (QED) is 0.185. The molecule has 9 rings (SSSR count). The van der Waals surface area contributed by atoms with E-state index in [9.17, 15) is 0 Å². The summed E-state index contributed by atoms with van der Waals surface area (Å²) in [6.45, 7) is 0. The molecular weight excluding hydrogens is 583 g/mol. The summed E-state index contributed by atoms with van der Waals surface area (Å²) in [4.78, 5) is 2.32. The Bertz CT molecular complexity index is 2540. The largest absolute Gasteiger partial charge is 0.455 e. The van der Waals surface area contributed by atoms with Crippen LogP contribution in [-0.4, -0.2) is 0 Å². The molecule has 0 saturated carbocycles. The summed E-state index contributed by atoms with van der Waals surface area (Å²) < 4.78 is 6.77. The molecule has 0 amide bonds. The normalized spacial score (nSPS) is 11.3. The first-order valence-corrected chi connectivity index (χ1v) is 16.4. The highest BCUT2D eigenvalue weighted by Gasteiger charge is 2.18. The van der Waals surface area contributed by atoms with E-state index in [4.69, 9.17) is 4.42 Å². The maximum atomic E-state index is 6.77. The average Bonchev–Trinajstić information content (AvgIpc) is 3.55. The minimum Gasteiger partial charge on any atom is -0.455 e. The van der Waals surface area contributed by atoms with Gasteiger partial charge in [-0.25, -0.2) is 0 Å². The molecule has 0 saturated heterocycles. The Morgan fingerprint density at radius 3 is 1.54 bits per heavy atom. The van der Waals surface area contributed by atoms with Crippen LogP contribution in [0.5, 0.6) is 0 Å². The molecule has 2 nitrogen and oxygen atoms in total. The van der Waals surface area contributed by atoms with Crippen molar-refractivity contribution in [1.29, 1.82) is 0 Å². The van der Waals surface area contributed by atoms with Gasteiger partial charge in [0.05, 0.1) is 0 Å². The van der Waals surface area contributed by atoms with Crippen LogP contribution >= 0.6 is 0 Å². The van der Waals surface area contributed by atoms with Crippen LogP contribution in [0.3, 0.4) is 0 Å². The van der Waals surface area contributed by atoms with Gasteiger partial charge in [-0.3, -0.25) is 0 Å². The molecule has 0 atom stereocenters. The lowest BCUT2D eigenvalue weighted by Gasteiger charge is -2.26. The van der Waals surface area contributed by atoms with E-state index in [0.29, 0.717) is 0 Å². The molecule has 1 aromatic heterocycles. The third kappa shape index (κ3) is 4.83. The van der Waals surface area contributed by atoms with Gasteiger partial charge in [-0.1, -0.05) is 152 Å². The van der Waals surface area contributed by atoms with Crippen molar-refractivity contribution < 1.29 is 4.42 Å². The first-order chi connectivity index (χ1) is 23.8. The number of fused-ring (bicyclic) bond motifs is 4. The van der Waals surface area contributed by atoms with Crippen molar-refractivity contribution in [2.24, 2.45) is 0 Å². The highest BCUT2D eigenvalue weighted by Crippen LogP contribution is 2.42. The lowest BCUT2D eigenvalue weighted by atomic mass is 9.98. The maximum absolute atomic E-state index is 6.77. The van der Waals surface area contributed by atoms with Crippen LogP contribution < -0.4 is 4.90 Å². The second kappa shape index (κ2) is 11.8. The van der Waals surface area contributed by atoms with Gasteiger partial charge in [0.1, 0.15) is 11.2 Å². The van der Waals surface area contributed by atoms with Crippen LogP contribution in [0.4, 0.5) is 17.1 Å². The monoisotopic (exact) mass is 613 g/mol. The molecule has 0 aliphatic rings. The van der Waals surface area contributed by atoms with Crippen molar-refractivity contribution in [3.63, 3.8) is 0 Å². The number of hydrogen-bond acceptors (Lipinski definition) is 2. The van der Waals surface area contributed by atoms with Gasteiger partial charge in [-0.05, 0) is 69.4 Å². The number of furan rings is 1. The van der Waals surface area contributed by atoms with E-state index in [1.807, 2.05) is 6.07 Å². The molecule has 0 aliphatic heterocycles. The molecule has 0 unspecified atom stereocenters. The molecule has 8 aromatic carbocycles. The zero-order valence-electron chi connectivity index (χ0n) is 26.3. The molecule has 0 radical (unpaired) electrons. The van der Waals surface area contributed by atoms with Crippen molar-refractivity contribution in [2.75, 3.05) is 4.90 Å². The molecule has 1 heterocycles. The molecule has 0 spiro atoms. The summed E-state index contributed by atoms with van der Waals surface area (Å²) in [5, 5.41) is 4.75. The lowest BCUT2D eigenvalue weighted by molar-refractivity contribution is 0.671. The van der Waals surface area contributed by atoms with E-state index in [1.165, 1.54) is 21.9 Å². The summed E-state index contributed by atoms with van der Waals surface area (Å²) in [6.07, 6.45) is 0. The number of anilines is 3. The minimum atomic E-state index is 0.902. The number of para-hydroxylation sites is 3. The second-order valence-corrected chi connectivity index (χ2v) is 12.1. The van der Waals surface area contributed by atoms with E-state index in [-0.39, 0.29) is 0 Å². The van der Waals surface area contributed by atoms with Crippen molar-refractivity contribution in [1.82, 2.24) is 0 Å².